The van der Waals surface area contributed by atoms with Crippen molar-refractivity contribution in [1.29, 1.82) is 0 Å². The summed E-state index contributed by atoms with van der Waals surface area (Å²) in [6, 6.07) is 67.1. The summed E-state index contributed by atoms with van der Waals surface area (Å²) in [6.45, 7) is 2.14. The van der Waals surface area contributed by atoms with Crippen molar-refractivity contribution in [2.45, 2.75) is 6.92 Å². The summed E-state index contributed by atoms with van der Waals surface area (Å²) >= 11 is -3.32. The van der Waals surface area contributed by atoms with Crippen molar-refractivity contribution in [2.75, 3.05) is 4.90 Å². The molecule has 7 rings (SSSR count). The van der Waals surface area contributed by atoms with Crippen LogP contribution in [-0.4, -0.2) is 13.3 Å². The van der Waals surface area contributed by atoms with Crippen LogP contribution < -0.4 is 22.5 Å². The summed E-state index contributed by atoms with van der Waals surface area (Å²) in [5, 5.41) is 2.47. The Bertz CT molecular complexity index is 1850. The van der Waals surface area contributed by atoms with Crippen LogP contribution in [0.4, 0.5) is 17.1 Å². The number of fused-ring (bicyclic) bond motifs is 1. The first-order valence-corrected chi connectivity index (χ1v) is 19.1. The fourth-order valence-corrected chi connectivity index (χ4v) is 16.4. The number of anilines is 3. The molecule has 0 aliphatic rings. The molecule has 0 aliphatic heterocycles. The number of rotatable bonds is 7. The first-order valence-electron chi connectivity index (χ1n) is 14.9. The van der Waals surface area contributed by atoms with E-state index in [1.807, 2.05) is 0 Å². The summed E-state index contributed by atoms with van der Waals surface area (Å²) in [7, 11) is 0. The first-order chi connectivity index (χ1) is 21.2. The van der Waals surface area contributed by atoms with Crippen molar-refractivity contribution in [3.05, 3.63) is 188 Å². The van der Waals surface area contributed by atoms with Gasteiger partial charge in [-0.15, -0.1) is 0 Å². The quantitative estimate of drug-likeness (QED) is 0.165. The third-order valence-electron chi connectivity index (χ3n) is 8.48. The Morgan fingerprint density at radius 3 is 1.33 bits per heavy atom. The van der Waals surface area contributed by atoms with E-state index in [0.717, 1.165) is 11.4 Å². The van der Waals surface area contributed by atoms with Gasteiger partial charge in [0.1, 0.15) is 0 Å². The van der Waals surface area contributed by atoms with Gasteiger partial charge in [-0.1, -0.05) is 0 Å². The van der Waals surface area contributed by atoms with Gasteiger partial charge in [0, 0.05) is 0 Å². The molecule has 0 spiro atoms. The van der Waals surface area contributed by atoms with Crippen molar-refractivity contribution in [3.8, 4) is 0 Å². The predicted molar refractivity (Wildman–Crippen MR) is 187 cm³/mol. The van der Waals surface area contributed by atoms with E-state index in [1.165, 1.54) is 39.6 Å². The van der Waals surface area contributed by atoms with E-state index in [1.54, 1.807) is 0 Å². The molecular weight excluding hydrogens is 579 g/mol. The number of hydrogen-bond acceptors (Lipinski definition) is 1. The molecule has 0 N–H and O–H groups in total. The fourth-order valence-electron chi connectivity index (χ4n) is 6.45. The van der Waals surface area contributed by atoms with Crippen LogP contribution in [0.25, 0.3) is 10.8 Å². The van der Waals surface area contributed by atoms with Crippen molar-refractivity contribution in [2.24, 2.45) is 0 Å². The van der Waals surface area contributed by atoms with E-state index in [0.29, 0.717) is 0 Å². The molecule has 0 saturated carbocycles. The third-order valence-corrected chi connectivity index (χ3v) is 18.5. The van der Waals surface area contributed by atoms with Crippen molar-refractivity contribution in [3.63, 3.8) is 0 Å². The number of benzene rings is 7. The summed E-state index contributed by atoms with van der Waals surface area (Å²) in [4.78, 5) is 2.40. The van der Waals surface area contributed by atoms with Gasteiger partial charge in [0.2, 0.25) is 0 Å². The predicted octanol–water partition coefficient (Wildman–Crippen LogP) is 8.00. The Labute approximate surface area is 257 Å². The summed E-state index contributed by atoms with van der Waals surface area (Å²) < 4.78 is 5.69. The van der Waals surface area contributed by atoms with Crippen molar-refractivity contribution < 1.29 is 0 Å². The van der Waals surface area contributed by atoms with Gasteiger partial charge in [-0.25, -0.2) is 0 Å². The van der Waals surface area contributed by atoms with E-state index in [-0.39, 0.29) is 0 Å². The van der Waals surface area contributed by atoms with Gasteiger partial charge < -0.3 is 0 Å². The molecule has 0 heterocycles. The molecule has 43 heavy (non-hydrogen) atoms. The number of nitrogens with zero attached hydrogens (tertiary/aromatic N) is 1. The summed E-state index contributed by atoms with van der Waals surface area (Å²) in [5.74, 6) is 0. The SMILES string of the molecule is Cc1ccc(N(c2cc[c]([Ge]([c]3ccccc3)([c]3ccccc3)[c]3ccccc3)cc2)c2cccc3ccccc23)cc1. The molecule has 0 fully saturated rings. The molecule has 0 saturated heterocycles. The molecule has 0 aliphatic carbocycles. The second-order valence-corrected chi connectivity index (χ2v) is 19.1. The maximum absolute atomic E-state index is 3.32. The van der Waals surface area contributed by atoms with Crippen LogP contribution in [-0.2, 0) is 0 Å². The second-order valence-electron chi connectivity index (χ2n) is 11.1. The second kappa shape index (κ2) is 11.8. The Balaban J connectivity index is 1.45. The normalized spacial score (nSPS) is 11.4. The van der Waals surface area contributed by atoms with Crippen LogP contribution in [0, 0.1) is 6.92 Å². The molecular formula is C41H33GeN. The molecule has 0 aromatic heterocycles. The zero-order valence-corrected chi connectivity index (χ0v) is 26.4. The maximum atomic E-state index is 2.40. The minimum absolute atomic E-state index is 1.15. The van der Waals surface area contributed by atoms with E-state index < -0.39 is 13.3 Å². The molecule has 0 atom stereocenters. The standard InChI is InChI=1S/C41H33GeN/c1-32-24-28-38(29-25-32)43(41-23-13-15-33-14-11-12-22-40(33)41)39-30-26-37(27-31-39)42(34-16-5-2-6-17-34,35-18-7-3-8-19-35)36-20-9-4-10-21-36/h2-31H,1H3. The van der Waals surface area contributed by atoms with Crippen LogP contribution in [0.5, 0.6) is 0 Å². The van der Waals surface area contributed by atoms with Gasteiger partial charge in [0.05, 0.1) is 0 Å². The minimum atomic E-state index is -3.32. The van der Waals surface area contributed by atoms with E-state index in [9.17, 15) is 0 Å². The molecule has 7 aromatic carbocycles. The molecule has 206 valence electrons. The molecule has 0 amide bonds. The zero-order valence-electron chi connectivity index (χ0n) is 24.3. The van der Waals surface area contributed by atoms with Crippen LogP contribution in [0.2, 0.25) is 0 Å². The monoisotopic (exact) mass is 613 g/mol. The first kappa shape index (κ1) is 27.0. The fraction of sp³-hybridized carbons (Fsp3) is 0.0244. The molecule has 0 radical (unpaired) electrons. The van der Waals surface area contributed by atoms with Gasteiger partial charge in [-0.2, -0.15) is 0 Å². The molecule has 7 aromatic rings. The van der Waals surface area contributed by atoms with Crippen LogP contribution in [0.1, 0.15) is 5.56 Å². The Morgan fingerprint density at radius 1 is 0.372 bits per heavy atom. The average molecular weight is 612 g/mol. The number of aryl methyl sites for hydroxylation is 1. The topological polar surface area (TPSA) is 3.24 Å². The van der Waals surface area contributed by atoms with Gasteiger partial charge in [0.15, 0.2) is 0 Å². The van der Waals surface area contributed by atoms with Crippen molar-refractivity contribution in [1.82, 2.24) is 0 Å². The third kappa shape index (κ3) is 4.96. The molecule has 0 unspecified atom stereocenters. The van der Waals surface area contributed by atoms with Gasteiger partial charge in [-0.05, 0) is 0 Å². The van der Waals surface area contributed by atoms with Crippen LogP contribution in [0.15, 0.2) is 182 Å². The van der Waals surface area contributed by atoms with Crippen LogP contribution in [0.3, 0.4) is 0 Å². The zero-order chi connectivity index (χ0) is 29.1. The van der Waals surface area contributed by atoms with E-state index in [2.05, 4.69) is 194 Å². The number of hydrogen-bond donors (Lipinski definition) is 0. The van der Waals surface area contributed by atoms with Gasteiger partial charge in [0.25, 0.3) is 0 Å². The summed E-state index contributed by atoms with van der Waals surface area (Å²) in [5.41, 5.74) is 4.73. The van der Waals surface area contributed by atoms with Crippen LogP contribution >= 0.6 is 0 Å². The van der Waals surface area contributed by atoms with Crippen molar-refractivity contribution >= 4 is 58.7 Å². The van der Waals surface area contributed by atoms with E-state index in [4.69, 9.17) is 0 Å². The average Bonchev–Trinajstić information content (AvgIpc) is 3.08. The van der Waals surface area contributed by atoms with Gasteiger partial charge >= 0.3 is 258 Å². The van der Waals surface area contributed by atoms with Gasteiger partial charge in [-0.3, -0.25) is 0 Å². The Kier molecular flexibility index (Phi) is 7.41. The molecule has 1 nitrogen and oxygen atoms in total. The molecule has 0 bridgehead atoms. The Morgan fingerprint density at radius 2 is 0.791 bits per heavy atom. The van der Waals surface area contributed by atoms with E-state index >= 15 is 0 Å². The Hall–Kier alpha value is -4.86. The molecule has 2 heteroatoms. The summed E-state index contributed by atoms with van der Waals surface area (Å²) in [6.07, 6.45) is 0.